The molecule has 0 N–H and O–H groups in total. The Bertz CT molecular complexity index is 1500. The molecule has 40 heavy (non-hydrogen) atoms. The summed E-state index contributed by atoms with van der Waals surface area (Å²) in [7, 11) is 0. The highest BCUT2D eigenvalue weighted by atomic mass is 19.4. The molecule has 0 aliphatic rings. The van der Waals surface area contributed by atoms with Crippen molar-refractivity contribution >= 4 is 10.8 Å². The summed E-state index contributed by atoms with van der Waals surface area (Å²) in [5, 5.41) is 1.02. The van der Waals surface area contributed by atoms with Crippen LogP contribution in [0.1, 0.15) is 72.4 Å². The third-order valence-electron chi connectivity index (χ3n) is 6.98. The average molecular weight is 553 g/mol. The van der Waals surface area contributed by atoms with E-state index in [9.17, 15) is 22.0 Å². The van der Waals surface area contributed by atoms with E-state index in [-0.39, 0.29) is 11.1 Å². The number of aryl methyl sites for hydroxylation is 3. The van der Waals surface area contributed by atoms with Crippen LogP contribution in [0.15, 0.2) is 66.7 Å². The van der Waals surface area contributed by atoms with Gasteiger partial charge in [-0.05, 0) is 66.0 Å². The highest BCUT2D eigenvalue weighted by molar-refractivity contribution is 5.85. The molecule has 0 atom stereocenters. The van der Waals surface area contributed by atoms with E-state index in [0.29, 0.717) is 22.9 Å². The van der Waals surface area contributed by atoms with Gasteiger partial charge in [0, 0.05) is 10.9 Å². The van der Waals surface area contributed by atoms with E-state index in [2.05, 4.69) is 43.0 Å². The highest BCUT2D eigenvalue weighted by Gasteiger charge is 2.37. The number of hydrogen-bond acceptors (Lipinski definition) is 0. The number of fused-ring (bicyclic) bond motifs is 1. The number of benzene rings is 4. The lowest BCUT2D eigenvalue weighted by molar-refractivity contribution is -0.142. The molecule has 0 nitrogen and oxygen atoms in total. The molecule has 4 aromatic carbocycles. The number of hydrogen-bond donors (Lipinski definition) is 0. The molecule has 208 valence electrons. The Labute approximate surface area is 231 Å². The molecule has 0 fully saturated rings. The Morgan fingerprint density at radius 3 is 1.88 bits per heavy atom. The summed E-state index contributed by atoms with van der Waals surface area (Å²) in [6.07, 6.45) is 3.91. The Kier molecular flexibility index (Phi) is 9.58. The predicted molar refractivity (Wildman–Crippen MR) is 148 cm³/mol. The zero-order valence-electron chi connectivity index (χ0n) is 22.3. The zero-order valence-corrected chi connectivity index (χ0v) is 22.3. The maximum absolute atomic E-state index is 15.1. The van der Waals surface area contributed by atoms with E-state index < -0.39 is 29.2 Å². The summed E-state index contributed by atoms with van der Waals surface area (Å²) in [5.74, 6) is 0.709. The number of rotatable bonds is 9. The van der Waals surface area contributed by atoms with Crippen molar-refractivity contribution in [1.29, 1.82) is 0 Å². The van der Waals surface area contributed by atoms with Gasteiger partial charge in [-0.15, -0.1) is 0 Å². The first-order chi connectivity index (χ1) is 19.2. The van der Waals surface area contributed by atoms with Crippen molar-refractivity contribution in [3.8, 4) is 11.8 Å². The van der Waals surface area contributed by atoms with Gasteiger partial charge in [-0.25, -0.2) is 13.2 Å². The van der Waals surface area contributed by atoms with Gasteiger partial charge in [0.25, 0.3) is 0 Å². The first-order valence-electron chi connectivity index (χ1n) is 13.5. The Morgan fingerprint density at radius 2 is 1.23 bits per heavy atom. The Morgan fingerprint density at radius 1 is 0.625 bits per heavy atom. The third kappa shape index (κ3) is 7.47. The molecule has 4 aromatic rings. The van der Waals surface area contributed by atoms with E-state index in [1.807, 2.05) is 12.1 Å². The molecule has 0 aliphatic heterocycles. The van der Waals surface area contributed by atoms with E-state index in [1.54, 1.807) is 12.1 Å². The van der Waals surface area contributed by atoms with Gasteiger partial charge in [0.15, 0.2) is 0 Å². The van der Waals surface area contributed by atoms with Crippen LogP contribution in [0.4, 0.5) is 26.3 Å². The first kappa shape index (κ1) is 29.3. The lowest BCUT2D eigenvalue weighted by Gasteiger charge is -2.09. The third-order valence-corrected chi connectivity index (χ3v) is 6.98. The van der Waals surface area contributed by atoms with Crippen LogP contribution in [0.3, 0.4) is 0 Å². The highest BCUT2D eigenvalue weighted by Crippen LogP contribution is 2.34. The predicted octanol–water partition coefficient (Wildman–Crippen LogP) is 9.97. The fourth-order valence-electron chi connectivity index (χ4n) is 4.74. The van der Waals surface area contributed by atoms with Gasteiger partial charge in [-0.1, -0.05) is 93.0 Å². The van der Waals surface area contributed by atoms with Gasteiger partial charge in [-0.3, -0.25) is 0 Å². The van der Waals surface area contributed by atoms with Crippen molar-refractivity contribution in [3.05, 3.63) is 118 Å². The summed E-state index contributed by atoms with van der Waals surface area (Å²) in [4.78, 5) is 0. The van der Waals surface area contributed by atoms with Crippen LogP contribution >= 0.6 is 0 Å². The number of alkyl halides is 3. The van der Waals surface area contributed by atoms with Gasteiger partial charge in [0.05, 0.1) is 5.56 Å². The molecule has 0 heterocycles. The van der Waals surface area contributed by atoms with Crippen molar-refractivity contribution in [3.63, 3.8) is 0 Å². The minimum atomic E-state index is -5.17. The fourth-order valence-corrected chi connectivity index (χ4v) is 4.74. The van der Waals surface area contributed by atoms with E-state index in [0.717, 1.165) is 24.8 Å². The standard InChI is InChI=1S/C34H30F6/c1-2-3-4-5-6-7-23-8-10-24(11-9-23)12-13-25-15-19-29-28(20-25)18-17-27(33(29)37)16-14-26-21-30(35)32(31(36)22-26)34(38,39)40/h8-11,15,17-22H,2-7,12-13H2,1H3. The molecule has 0 saturated carbocycles. The molecule has 6 heteroatoms. The largest absolute Gasteiger partial charge is 0.422 e. The van der Waals surface area contributed by atoms with E-state index in [4.69, 9.17) is 0 Å². The topological polar surface area (TPSA) is 0 Å². The van der Waals surface area contributed by atoms with E-state index in [1.165, 1.54) is 49.3 Å². The minimum absolute atomic E-state index is 0.0218. The molecule has 0 radical (unpaired) electrons. The second-order valence-corrected chi connectivity index (χ2v) is 10.0. The molecule has 4 rings (SSSR count). The van der Waals surface area contributed by atoms with Gasteiger partial charge < -0.3 is 0 Å². The molecular weight excluding hydrogens is 522 g/mol. The maximum atomic E-state index is 15.1. The summed E-state index contributed by atoms with van der Waals surface area (Å²) >= 11 is 0. The number of unbranched alkanes of at least 4 members (excludes halogenated alkanes) is 4. The maximum Gasteiger partial charge on any atom is 0.422 e. The van der Waals surface area contributed by atoms with Crippen molar-refractivity contribution < 1.29 is 26.3 Å². The van der Waals surface area contributed by atoms with Crippen LogP contribution in [0.2, 0.25) is 0 Å². The van der Waals surface area contributed by atoms with Crippen LogP contribution in [-0.2, 0) is 25.4 Å². The minimum Gasteiger partial charge on any atom is -0.206 e. The summed E-state index contributed by atoms with van der Waals surface area (Å²) < 4.78 is 81.1. The van der Waals surface area contributed by atoms with Crippen molar-refractivity contribution in [2.24, 2.45) is 0 Å². The molecule has 0 saturated heterocycles. The fraction of sp³-hybridized carbons (Fsp3) is 0.294. The average Bonchev–Trinajstić information content (AvgIpc) is 2.91. The quantitative estimate of drug-likeness (QED) is 0.110. The van der Waals surface area contributed by atoms with Crippen molar-refractivity contribution in [2.45, 2.75) is 64.5 Å². The molecule has 0 amide bonds. The van der Waals surface area contributed by atoms with Gasteiger partial charge >= 0.3 is 6.18 Å². The second kappa shape index (κ2) is 13.1. The molecule has 0 aliphatic carbocycles. The van der Waals surface area contributed by atoms with Crippen LogP contribution in [0, 0.1) is 29.3 Å². The van der Waals surface area contributed by atoms with Crippen LogP contribution < -0.4 is 0 Å². The second-order valence-electron chi connectivity index (χ2n) is 10.0. The lowest BCUT2D eigenvalue weighted by Crippen LogP contribution is -2.11. The van der Waals surface area contributed by atoms with Crippen LogP contribution in [-0.4, -0.2) is 0 Å². The van der Waals surface area contributed by atoms with Crippen molar-refractivity contribution in [2.75, 3.05) is 0 Å². The Hall–Kier alpha value is -3.72. The zero-order chi connectivity index (χ0) is 28.7. The molecular formula is C34H30F6. The van der Waals surface area contributed by atoms with Gasteiger partial charge in [0.2, 0.25) is 0 Å². The van der Waals surface area contributed by atoms with Crippen LogP contribution in [0.5, 0.6) is 0 Å². The monoisotopic (exact) mass is 552 g/mol. The van der Waals surface area contributed by atoms with Gasteiger partial charge in [0.1, 0.15) is 23.0 Å². The van der Waals surface area contributed by atoms with Gasteiger partial charge in [-0.2, -0.15) is 13.2 Å². The first-order valence-corrected chi connectivity index (χ1v) is 13.5. The normalized spacial score (nSPS) is 11.5. The summed E-state index contributed by atoms with van der Waals surface area (Å²) in [5.41, 5.74) is 1.33. The molecule has 0 bridgehead atoms. The van der Waals surface area contributed by atoms with Crippen molar-refractivity contribution in [1.82, 2.24) is 0 Å². The summed E-state index contributed by atoms with van der Waals surface area (Å²) in [6.45, 7) is 2.22. The number of halogens is 6. The molecule has 0 spiro atoms. The summed E-state index contributed by atoms with van der Waals surface area (Å²) in [6, 6.07) is 18.3. The SMILES string of the molecule is CCCCCCCc1ccc(CCc2ccc3c(F)c(C#Cc4cc(F)c(C(F)(F)F)c(F)c4)ccc3c2)cc1. The Balaban J connectivity index is 1.41. The molecule has 0 aromatic heterocycles. The smallest absolute Gasteiger partial charge is 0.206 e. The van der Waals surface area contributed by atoms with Crippen LogP contribution in [0.25, 0.3) is 10.8 Å². The molecule has 0 unspecified atom stereocenters. The lowest BCUT2D eigenvalue weighted by atomic mass is 9.98. The van der Waals surface area contributed by atoms with E-state index >= 15 is 4.39 Å².